The largest absolute Gasteiger partial charge is 0.496 e. The quantitative estimate of drug-likeness (QED) is 0.556. The molecule has 1 unspecified atom stereocenters. The van der Waals surface area contributed by atoms with E-state index in [1.807, 2.05) is 0 Å². The van der Waals surface area contributed by atoms with Gasteiger partial charge in [-0.05, 0) is 5.56 Å². The minimum atomic E-state index is -4.61. The van der Waals surface area contributed by atoms with Crippen LogP contribution in [0.2, 0.25) is 0 Å². The third-order valence-corrected chi connectivity index (χ3v) is 3.98. The van der Waals surface area contributed by atoms with E-state index in [1.165, 1.54) is 56.7 Å². The average molecular weight is 425 g/mol. The molecule has 1 N–H and O–H groups in total. The van der Waals surface area contributed by atoms with Crippen molar-refractivity contribution in [1.29, 1.82) is 0 Å². The Balaban J connectivity index is 2.27. The van der Waals surface area contributed by atoms with Gasteiger partial charge in [-0.15, -0.1) is 0 Å². The van der Waals surface area contributed by atoms with Crippen LogP contribution >= 0.6 is 0 Å². The van der Waals surface area contributed by atoms with Crippen molar-refractivity contribution in [2.24, 2.45) is 0 Å². The summed E-state index contributed by atoms with van der Waals surface area (Å²) in [6, 6.07) is 10.2. The lowest BCUT2D eigenvalue weighted by Crippen LogP contribution is -2.23. The minimum Gasteiger partial charge on any atom is -0.496 e. The van der Waals surface area contributed by atoms with Gasteiger partial charge in [-0.25, -0.2) is 4.79 Å². The van der Waals surface area contributed by atoms with Crippen LogP contribution in [0, 0.1) is 0 Å². The average Bonchev–Trinajstić information content (AvgIpc) is 2.72. The molecule has 1 amide bonds. The van der Waals surface area contributed by atoms with Crippen LogP contribution in [0.5, 0.6) is 11.5 Å². The van der Waals surface area contributed by atoms with E-state index < -0.39 is 25.0 Å². The van der Waals surface area contributed by atoms with Gasteiger partial charge in [-0.1, -0.05) is 43.0 Å². The molecule has 1 atom stereocenters. The van der Waals surface area contributed by atoms with Gasteiger partial charge in [-0.3, -0.25) is 5.32 Å². The van der Waals surface area contributed by atoms with Gasteiger partial charge in [0.1, 0.15) is 18.1 Å². The van der Waals surface area contributed by atoms with Gasteiger partial charge in [0.2, 0.25) is 0 Å². The van der Waals surface area contributed by atoms with Crippen molar-refractivity contribution in [3.63, 3.8) is 0 Å². The molecular weight excluding hydrogens is 403 g/mol. The second-order valence-electron chi connectivity index (χ2n) is 6.01. The van der Waals surface area contributed by atoms with Gasteiger partial charge in [0.05, 0.1) is 32.1 Å². The first-order valence-corrected chi connectivity index (χ1v) is 8.83. The van der Waals surface area contributed by atoms with Crippen molar-refractivity contribution in [3.05, 3.63) is 66.2 Å². The molecule has 9 heteroatoms. The second kappa shape index (κ2) is 10.5. The van der Waals surface area contributed by atoms with E-state index in [0.717, 1.165) is 0 Å². The van der Waals surface area contributed by atoms with E-state index in [4.69, 9.17) is 18.9 Å². The summed E-state index contributed by atoms with van der Waals surface area (Å²) in [5.41, 5.74) is 0.512. The first-order valence-electron chi connectivity index (χ1n) is 8.83. The van der Waals surface area contributed by atoms with Crippen molar-refractivity contribution < 1.29 is 36.9 Å². The zero-order valence-electron chi connectivity index (χ0n) is 16.5. The van der Waals surface area contributed by atoms with Crippen LogP contribution in [-0.2, 0) is 16.1 Å². The Morgan fingerprint density at radius 3 is 2.23 bits per heavy atom. The number of anilines is 1. The Labute approximate surface area is 172 Å². The van der Waals surface area contributed by atoms with E-state index in [2.05, 4.69) is 11.9 Å². The minimum absolute atomic E-state index is 0.0182. The zero-order valence-corrected chi connectivity index (χ0v) is 16.5. The Bertz CT molecular complexity index is 830. The number of benzene rings is 2. The summed E-state index contributed by atoms with van der Waals surface area (Å²) in [7, 11) is 2.69. The number of carbonyl (C=O) groups is 1. The molecule has 2 aromatic rings. The summed E-state index contributed by atoms with van der Waals surface area (Å²) in [6.45, 7) is 3.02. The molecule has 2 rings (SSSR count). The Morgan fingerprint density at radius 1 is 1.13 bits per heavy atom. The number of nitrogens with one attached hydrogen (secondary N) is 1. The summed E-state index contributed by atoms with van der Waals surface area (Å²) in [4.78, 5) is 11.7. The van der Waals surface area contributed by atoms with Crippen LogP contribution in [0.1, 0.15) is 17.2 Å². The monoisotopic (exact) mass is 425 g/mol. The smallest absolute Gasteiger partial charge is 0.418 e. The molecule has 0 bridgehead atoms. The normalized spacial score (nSPS) is 12.0. The number of methoxy groups -OCH3 is 2. The third kappa shape index (κ3) is 6.15. The molecule has 0 aliphatic heterocycles. The molecule has 0 spiro atoms. The molecule has 2 aromatic carbocycles. The standard InChI is InChI=1S/C21H22F3NO5/c1-4-10-29-20(26)25-15-11-17(27-2)16(18(12-15)28-3)13-30-19(21(22,23)24)14-8-6-5-7-9-14/h4-9,11-12,19H,1,10,13H2,2-3H3,(H,25,26). The number of rotatable bonds is 9. The number of ether oxygens (including phenoxy) is 4. The number of carbonyl (C=O) groups excluding carboxylic acids is 1. The SMILES string of the molecule is C=CCOC(=O)Nc1cc(OC)c(COC(c2ccccc2)C(F)(F)F)c(OC)c1. The Kier molecular flexibility index (Phi) is 8.11. The summed E-state index contributed by atoms with van der Waals surface area (Å²) >= 11 is 0. The van der Waals surface area contributed by atoms with Crippen LogP contribution in [0.3, 0.4) is 0 Å². The number of amides is 1. The van der Waals surface area contributed by atoms with E-state index in [1.54, 1.807) is 6.07 Å². The summed E-state index contributed by atoms with van der Waals surface area (Å²) in [6.07, 6.45) is -6.06. The molecule has 0 aliphatic rings. The highest BCUT2D eigenvalue weighted by atomic mass is 19.4. The number of alkyl halides is 3. The molecule has 162 valence electrons. The molecular formula is C21H22F3NO5. The number of halogens is 3. The van der Waals surface area contributed by atoms with Gasteiger partial charge in [0.25, 0.3) is 0 Å². The van der Waals surface area contributed by atoms with E-state index in [0.29, 0.717) is 0 Å². The zero-order chi connectivity index (χ0) is 22.1. The second-order valence-corrected chi connectivity index (χ2v) is 6.01. The highest BCUT2D eigenvalue weighted by Gasteiger charge is 2.42. The molecule has 6 nitrogen and oxygen atoms in total. The van der Waals surface area contributed by atoms with Crippen molar-refractivity contribution in [2.75, 3.05) is 26.1 Å². The summed E-state index contributed by atoms with van der Waals surface area (Å²) < 4.78 is 61.2. The Hall–Kier alpha value is -3.20. The molecule has 0 saturated heterocycles. The van der Waals surface area contributed by atoms with E-state index >= 15 is 0 Å². The molecule has 0 fully saturated rings. The van der Waals surface area contributed by atoms with Crippen LogP contribution < -0.4 is 14.8 Å². The fourth-order valence-corrected chi connectivity index (χ4v) is 2.66. The molecule has 30 heavy (non-hydrogen) atoms. The maximum atomic E-state index is 13.5. The summed E-state index contributed by atoms with van der Waals surface area (Å²) in [5, 5.41) is 2.48. The highest BCUT2D eigenvalue weighted by molar-refractivity contribution is 5.85. The molecule has 0 saturated carbocycles. The predicted octanol–water partition coefficient (Wildman–Crippen LogP) is 5.26. The van der Waals surface area contributed by atoms with Gasteiger partial charge < -0.3 is 18.9 Å². The van der Waals surface area contributed by atoms with E-state index in [-0.39, 0.29) is 34.9 Å². The molecule has 0 aromatic heterocycles. The topological polar surface area (TPSA) is 66.0 Å². The maximum Gasteiger partial charge on any atom is 0.418 e. The van der Waals surface area contributed by atoms with Crippen LogP contribution in [0.15, 0.2) is 55.1 Å². The van der Waals surface area contributed by atoms with Gasteiger partial charge in [0, 0.05) is 12.1 Å². The first kappa shape index (κ1) is 23.1. The van der Waals surface area contributed by atoms with Crippen LogP contribution in [0.25, 0.3) is 0 Å². The molecule has 0 aliphatic carbocycles. The number of hydrogen-bond donors (Lipinski definition) is 1. The fourth-order valence-electron chi connectivity index (χ4n) is 2.66. The number of hydrogen-bond acceptors (Lipinski definition) is 5. The van der Waals surface area contributed by atoms with Crippen molar-refractivity contribution in [3.8, 4) is 11.5 Å². The van der Waals surface area contributed by atoms with Gasteiger partial charge >= 0.3 is 12.3 Å². The fraction of sp³-hybridized carbons (Fsp3) is 0.286. The van der Waals surface area contributed by atoms with Gasteiger partial charge in [-0.2, -0.15) is 13.2 Å². The lowest BCUT2D eigenvalue weighted by molar-refractivity contribution is -0.227. The lowest BCUT2D eigenvalue weighted by atomic mass is 10.1. The summed E-state index contributed by atoms with van der Waals surface area (Å²) in [5.74, 6) is 0.365. The van der Waals surface area contributed by atoms with Crippen LogP contribution in [0.4, 0.5) is 23.7 Å². The molecule has 0 radical (unpaired) electrons. The third-order valence-electron chi connectivity index (χ3n) is 3.98. The van der Waals surface area contributed by atoms with Crippen molar-refractivity contribution in [2.45, 2.75) is 18.9 Å². The van der Waals surface area contributed by atoms with Crippen LogP contribution in [-0.4, -0.2) is 33.1 Å². The highest BCUT2D eigenvalue weighted by Crippen LogP contribution is 2.39. The maximum absolute atomic E-state index is 13.5. The van der Waals surface area contributed by atoms with Crippen molar-refractivity contribution in [1.82, 2.24) is 0 Å². The Morgan fingerprint density at radius 2 is 1.73 bits per heavy atom. The predicted molar refractivity (Wildman–Crippen MR) is 105 cm³/mol. The van der Waals surface area contributed by atoms with Gasteiger partial charge in [0.15, 0.2) is 6.10 Å². The molecule has 0 heterocycles. The first-order chi connectivity index (χ1) is 14.3. The van der Waals surface area contributed by atoms with E-state index in [9.17, 15) is 18.0 Å². The lowest BCUT2D eigenvalue weighted by Gasteiger charge is -2.23. The van der Waals surface area contributed by atoms with Crippen molar-refractivity contribution >= 4 is 11.8 Å².